The third-order valence-electron chi connectivity index (χ3n) is 3.80. The summed E-state index contributed by atoms with van der Waals surface area (Å²) in [4.78, 5) is 12.0. The van der Waals surface area contributed by atoms with Gasteiger partial charge in [-0.05, 0) is 37.3 Å². The number of aliphatic hydroxyl groups is 1. The van der Waals surface area contributed by atoms with E-state index in [-0.39, 0.29) is 18.2 Å². The number of nitrogens with one attached hydrogen (secondary N) is 2. The van der Waals surface area contributed by atoms with Crippen molar-refractivity contribution in [2.24, 2.45) is 0 Å². The SMILES string of the molecule is CCc1ccccc1CNC(=O)NC(C)(CC)CCO. The van der Waals surface area contributed by atoms with E-state index in [9.17, 15) is 4.79 Å². The van der Waals surface area contributed by atoms with Gasteiger partial charge in [0, 0.05) is 18.7 Å². The molecule has 20 heavy (non-hydrogen) atoms. The Balaban J connectivity index is 2.55. The zero-order chi connectivity index (χ0) is 15.0. The number of urea groups is 1. The van der Waals surface area contributed by atoms with E-state index in [0.29, 0.717) is 13.0 Å². The largest absolute Gasteiger partial charge is 0.396 e. The highest BCUT2D eigenvalue weighted by Gasteiger charge is 2.23. The van der Waals surface area contributed by atoms with Crippen molar-refractivity contribution in [1.82, 2.24) is 10.6 Å². The number of carbonyl (C=O) groups excluding carboxylic acids is 1. The molecular weight excluding hydrogens is 252 g/mol. The fourth-order valence-electron chi connectivity index (χ4n) is 2.14. The number of carbonyl (C=O) groups is 1. The molecule has 0 saturated carbocycles. The van der Waals surface area contributed by atoms with Crippen LogP contribution in [0.5, 0.6) is 0 Å². The lowest BCUT2D eigenvalue weighted by atomic mass is 9.95. The first-order valence-electron chi connectivity index (χ1n) is 7.28. The summed E-state index contributed by atoms with van der Waals surface area (Å²) in [6.07, 6.45) is 2.30. The number of benzene rings is 1. The van der Waals surface area contributed by atoms with Gasteiger partial charge in [-0.1, -0.05) is 38.1 Å². The Hall–Kier alpha value is -1.55. The summed E-state index contributed by atoms with van der Waals surface area (Å²) in [5.41, 5.74) is 2.04. The Kier molecular flexibility index (Phi) is 6.52. The number of hydrogen-bond acceptors (Lipinski definition) is 2. The highest BCUT2D eigenvalue weighted by atomic mass is 16.3. The van der Waals surface area contributed by atoms with E-state index in [1.165, 1.54) is 5.56 Å². The zero-order valence-corrected chi connectivity index (χ0v) is 12.7. The summed E-state index contributed by atoms with van der Waals surface area (Å²) in [6, 6.07) is 7.92. The van der Waals surface area contributed by atoms with E-state index in [4.69, 9.17) is 5.11 Å². The fraction of sp³-hybridized carbons (Fsp3) is 0.562. The molecule has 0 bridgehead atoms. The minimum atomic E-state index is -0.358. The van der Waals surface area contributed by atoms with Gasteiger partial charge >= 0.3 is 6.03 Å². The highest BCUT2D eigenvalue weighted by Crippen LogP contribution is 2.13. The maximum absolute atomic E-state index is 12.0. The van der Waals surface area contributed by atoms with Crippen LogP contribution in [0.15, 0.2) is 24.3 Å². The fourth-order valence-corrected chi connectivity index (χ4v) is 2.14. The third kappa shape index (κ3) is 4.85. The van der Waals surface area contributed by atoms with Crippen molar-refractivity contribution in [3.8, 4) is 0 Å². The van der Waals surface area contributed by atoms with Crippen molar-refractivity contribution in [2.75, 3.05) is 6.61 Å². The topological polar surface area (TPSA) is 61.4 Å². The van der Waals surface area contributed by atoms with Gasteiger partial charge in [-0.3, -0.25) is 0 Å². The van der Waals surface area contributed by atoms with Crippen molar-refractivity contribution >= 4 is 6.03 Å². The number of aryl methyl sites for hydroxylation is 1. The van der Waals surface area contributed by atoms with Gasteiger partial charge in [0.05, 0.1) is 0 Å². The summed E-state index contributed by atoms with van der Waals surface area (Å²) >= 11 is 0. The molecule has 0 radical (unpaired) electrons. The Morgan fingerprint density at radius 1 is 1.25 bits per heavy atom. The molecule has 112 valence electrons. The average Bonchev–Trinajstić information content (AvgIpc) is 2.45. The third-order valence-corrected chi connectivity index (χ3v) is 3.80. The first-order chi connectivity index (χ1) is 9.54. The van der Waals surface area contributed by atoms with E-state index in [1.54, 1.807) is 0 Å². The van der Waals surface area contributed by atoms with Crippen LogP contribution < -0.4 is 10.6 Å². The van der Waals surface area contributed by atoms with Crippen LogP contribution >= 0.6 is 0 Å². The molecule has 0 aliphatic rings. The van der Waals surface area contributed by atoms with Crippen LogP contribution in [0, 0.1) is 0 Å². The second-order valence-corrected chi connectivity index (χ2v) is 5.32. The van der Waals surface area contributed by atoms with Gasteiger partial charge in [-0.2, -0.15) is 0 Å². The molecule has 1 rings (SSSR count). The predicted octanol–water partition coefficient (Wildman–Crippen LogP) is 2.60. The van der Waals surface area contributed by atoms with Gasteiger partial charge in [-0.15, -0.1) is 0 Å². The van der Waals surface area contributed by atoms with Crippen molar-refractivity contribution in [3.05, 3.63) is 35.4 Å². The van der Waals surface area contributed by atoms with Crippen LogP contribution in [-0.2, 0) is 13.0 Å². The van der Waals surface area contributed by atoms with Gasteiger partial charge < -0.3 is 15.7 Å². The van der Waals surface area contributed by atoms with Gasteiger partial charge in [0.2, 0.25) is 0 Å². The number of rotatable bonds is 7. The van der Waals surface area contributed by atoms with E-state index in [1.807, 2.05) is 32.0 Å². The molecule has 1 aromatic rings. The standard InChI is InChI=1S/C16H26N2O2/c1-4-13-8-6-7-9-14(13)12-17-15(20)18-16(3,5-2)10-11-19/h6-9,19H,4-5,10-12H2,1-3H3,(H2,17,18,20). The molecule has 0 aliphatic carbocycles. The molecule has 0 saturated heterocycles. The molecule has 1 atom stereocenters. The molecule has 0 heterocycles. The molecule has 0 aliphatic heterocycles. The van der Waals surface area contributed by atoms with Crippen LogP contribution in [-0.4, -0.2) is 23.3 Å². The van der Waals surface area contributed by atoms with Crippen LogP contribution in [0.25, 0.3) is 0 Å². The van der Waals surface area contributed by atoms with Crippen molar-refractivity contribution < 1.29 is 9.90 Å². The minimum absolute atomic E-state index is 0.0727. The average molecular weight is 278 g/mol. The summed E-state index contributed by atoms with van der Waals surface area (Å²) in [6.45, 7) is 6.65. The maximum Gasteiger partial charge on any atom is 0.315 e. The molecule has 3 N–H and O–H groups in total. The molecule has 0 aromatic heterocycles. The first-order valence-corrected chi connectivity index (χ1v) is 7.28. The molecule has 4 nitrogen and oxygen atoms in total. The summed E-state index contributed by atoms with van der Waals surface area (Å²) in [5, 5.41) is 14.9. The van der Waals surface area contributed by atoms with E-state index in [0.717, 1.165) is 18.4 Å². The molecule has 1 aromatic carbocycles. The number of hydrogen-bond donors (Lipinski definition) is 3. The smallest absolute Gasteiger partial charge is 0.315 e. The number of amides is 2. The Labute approximate surface area is 121 Å². The summed E-state index contributed by atoms with van der Waals surface area (Å²) in [7, 11) is 0. The normalized spacial score (nSPS) is 13.6. The predicted molar refractivity (Wildman–Crippen MR) is 81.6 cm³/mol. The van der Waals surface area contributed by atoms with Crippen LogP contribution in [0.1, 0.15) is 44.7 Å². The molecule has 4 heteroatoms. The van der Waals surface area contributed by atoms with Crippen LogP contribution in [0.3, 0.4) is 0 Å². The van der Waals surface area contributed by atoms with Gasteiger partial charge in [-0.25, -0.2) is 4.79 Å². The van der Waals surface area contributed by atoms with Gasteiger partial charge in [0.25, 0.3) is 0 Å². The monoisotopic (exact) mass is 278 g/mol. The maximum atomic E-state index is 12.0. The van der Waals surface area contributed by atoms with E-state index < -0.39 is 0 Å². The molecule has 0 spiro atoms. The lowest BCUT2D eigenvalue weighted by molar-refractivity contribution is 0.200. The molecule has 1 unspecified atom stereocenters. The molecule has 2 amide bonds. The second kappa shape index (κ2) is 7.90. The summed E-state index contributed by atoms with van der Waals surface area (Å²) in [5.74, 6) is 0. The van der Waals surface area contributed by atoms with Gasteiger partial charge in [0.1, 0.15) is 0 Å². The lowest BCUT2D eigenvalue weighted by Crippen LogP contribution is -2.50. The Bertz CT molecular complexity index is 434. The number of aliphatic hydroxyl groups excluding tert-OH is 1. The molecular formula is C16H26N2O2. The van der Waals surface area contributed by atoms with Crippen molar-refractivity contribution in [3.63, 3.8) is 0 Å². The highest BCUT2D eigenvalue weighted by molar-refractivity contribution is 5.74. The minimum Gasteiger partial charge on any atom is -0.396 e. The Morgan fingerprint density at radius 3 is 2.45 bits per heavy atom. The summed E-state index contributed by atoms with van der Waals surface area (Å²) < 4.78 is 0. The van der Waals surface area contributed by atoms with Crippen molar-refractivity contribution in [1.29, 1.82) is 0 Å². The molecule has 0 fully saturated rings. The van der Waals surface area contributed by atoms with Gasteiger partial charge in [0.15, 0.2) is 0 Å². The van der Waals surface area contributed by atoms with Crippen LogP contribution in [0.2, 0.25) is 0 Å². The van der Waals surface area contributed by atoms with Crippen molar-refractivity contribution in [2.45, 2.75) is 52.1 Å². The second-order valence-electron chi connectivity index (χ2n) is 5.32. The van der Waals surface area contributed by atoms with E-state index in [2.05, 4.69) is 23.6 Å². The zero-order valence-electron chi connectivity index (χ0n) is 12.7. The van der Waals surface area contributed by atoms with E-state index >= 15 is 0 Å². The van der Waals surface area contributed by atoms with Crippen LogP contribution in [0.4, 0.5) is 4.79 Å². The Morgan fingerprint density at radius 2 is 1.90 bits per heavy atom. The first kappa shape index (κ1) is 16.5. The quantitative estimate of drug-likeness (QED) is 0.718. The lowest BCUT2D eigenvalue weighted by Gasteiger charge is -2.29.